The topological polar surface area (TPSA) is 26.0 Å². The summed E-state index contributed by atoms with van der Waals surface area (Å²) in [5.74, 6) is 0.605. The van der Waals surface area contributed by atoms with E-state index >= 15 is 0 Å². The van der Waals surface area contributed by atoms with Crippen LogP contribution in [-0.4, -0.2) is 5.54 Å². The van der Waals surface area contributed by atoms with E-state index in [9.17, 15) is 0 Å². The molecule has 1 unspecified atom stereocenters. The standard InChI is InChI=1S/C27H49N/c1-4-7-8-9-10-11-12-13-14-15-16-20-23-26(27(28,5-2)6-3)24-25-21-18-17-19-22-25/h17-19,21-22,26H,4-16,20,23-24,28H2,1-3H3. The fourth-order valence-corrected chi connectivity index (χ4v) is 4.55. The Hall–Kier alpha value is -0.820. The highest BCUT2D eigenvalue weighted by Crippen LogP contribution is 2.30. The van der Waals surface area contributed by atoms with Gasteiger partial charge in [0.1, 0.15) is 0 Å². The average Bonchev–Trinajstić information content (AvgIpc) is 2.73. The fourth-order valence-electron chi connectivity index (χ4n) is 4.55. The van der Waals surface area contributed by atoms with Gasteiger partial charge in [0.15, 0.2) is 0 Å². The van der Waals surface area contributed by atoms with E-state index in [0.717, 1.165) is 19.3 Å². The van der Waals surface area contributed by atoms with E-state index in [-0.39, 0.29) is 5.54 Å². The Morgan fingerprint density at radius 3 is 1.61 bits per heavy atom. The van der Waals surface area contributed by atoms with E-state index in [1.54, 1.807) is 0 Å². The molecule has 1 aromatic carbocycles. The Labute approximate surface area is 176 Å². The number of unbranched alkanes of at least 4 members (excludes halogenated alkanes) is 11. The van der Waals surface area contributed by atoms with Crippen LogP contribution < -0.4 is 5.73 Å². The fraction of sp³-hybridized carbons (Fsp3) is 0.778. The van der Waals surface area contributed by atoms with E-state index in [1.807, 2.05) is 0 Å². The highest BCUT2D eigenvalue weighted by molar-refractivity contribution is 5.16. The molecule has 1 atom stereocenters. The minimum absolute atomic E-state index is 0.00633. The summed E-state index contributed by atoms with van der Waals surface area (Å²) in [7, 11) is 0. The van der Waals surface area contributed by atoms with Crippen molar-refractivity contribution in [3.63, 3.8) is 0 Å². The second-order valence-corrected chi connectivity index (χ2v) is 9.00. The molecule has 1 nitrogen and oxygen atoms in total. The van der Waals surface area contributed by atoms with Gasteiger partial charge >= 0.3 is 0 Å². The quantitative estimate of drug-likeness (QED) is 0.251. The van der Waals surface area contributed by atoms with Crippen molar-refractivity contribution in [2.75, 3.05) is 0 Å². The normalized spacial score (nSPS) is 13.0. The first-order chi connectivity index (χ1) is 13.7. The van der Waals surface area contributed by atoms with Crippen LogP contribution in [0, 0.1) is 5.92 Å². The second-order valence-electron chi connectivity index (χ2n) is 9.00. The highest BCUT2D eigenvalue weighted by Gasteiger charge is 2.30. The summed E-state index contributed by atoms with van der Waals surface area (Å²) in [6, 6.07) is 11.0. The van der Waals surface area contributed by atoms with Crippen molar-refractivity contribution in [1.82, 2.24) is 0 Å². The predicted molar refractivity (Wildman–Crippen MR) is 127 cm³/mol. The summed E-state index contributed by atoms with van der Waals surface area (Å²) >= 11 is 0. The molecule has 0 saturated heterocycles. The first-order valence-corrected chi connectivity index (χ1v) is 12.5. The maximum atomic E-state index is 6.83. The smallest absolute Gasteiger partial charge is 0.0180 e. The monoisotopic (exact) mass is 387 g/mol. The maximum absolute atomic E-state index is 6.83. The Kier molecular flexibility index (Phi) is 14.4. The van der Waals surface area contributed by atoms with Crippen LogP contribution in [0.4, 0.5) is 0 Å². The third kappa shape index (κ3) is 10.6. The van der Waals surface area contributed by atoms with Crippen LogP contribution in [0.5, 0.6) is 0 Å². The van der Waals surface area contributed by atoms with E-state index < -0.39 is 0 Å². The molecule has 0 aliphatic heterocycles. The maximum Gasteiger partial charge on any atom is 0.0180 e. The summed E-state index contributed by atoms with van der Waals surface area (Å²) in [6.07, 6.45) is 21.6. The highest BCUT2D eigenvalue weighted by atomic mass is 14.7. The number of nitrogens with two attached hydrogens (primary N) is 1. The van der Waals surface area contributed by atoms with Gasteiger partial charge in [-0.1, -0.05) is 128 Å². The van der Waals surface area contributed by atoms with Gasteiger partial charge in [0.2, 0.25) is 0 Å². The van der Waals surface area contributed by atoms with E-state index in [4.69, 9.17) is 5.73 Å². The molecular weight excluding hydrogens is 338 g/mol. The van der Waals surface area contributed by atoms with E-state index in [0.29, 0.717) is 5.92 Å². The van der Waals surface area contributed by atoms with Crippen molar-refractivity contribution < 1.29 is 0 Å². The zero-order valence-corrected chi connectivity index (χ0v) is 19.4. The van der Waals surface area contributed by atoms with Gasteiger partial charge in [-0.2, -0.15) is 0 Å². The molecule has 0 amide bonds. The second kappa shape index (κ2) is 16.0. The van der Waals surface area contributed by atoms with Crippen LogP contribution in [0.3, 0.4) is 0 Å². The van der Waals surface area contributed by atoms with E-state index in [2.05, 4.69) is 51.1 Å². The Balaban J connectivity index is 2.21. The molecule has 0 aromatic heterocycles. The Morgan fingerprint density at radius 2 is 1.14 bits per heavy atom. The molecular formula is C27H49N. The largest absolute Gasteiger partial charge is 0.325 e. The first kappa shape index (κ1) is 25.2. The Bertz CT molecular complexity index is 449. The Morgan fingerprint density at radius 1 is 0.679 bits per heavy atom. The number of hydrogen-bond donors (Lipinski definition) is 1. The molecule has 1 rings (SSSR count). The van der Waals surface area contributed by atoms with Gasteiger partial charge in [-0.15, -0.1) is 0 Å². The minimum atomic E-state index is -0.00633. The van der Waals surface area contributed by atoms with Crippen LogP contribution in [-0.2, 0) is 6.42 Å². The van der Waals surface area contributed by atoms with Gasteiger partial charge in [-0.05, 0) is 37.2 Å². The lowest BCUT2D eigenvalue weighted by molar-refractivity contribution is 0.229. The van der Waals surface area contributed by atoms with Crippen molar-refractivity contribution in [3.05, 3.63) is 35.9 Å². The number of hydrogen-bond acceptors (Lipinski definition) is 1. The number of benzene rings is 1. The molecule has 1 heteroatoms. The van der Waals surface area contributed by atoms with Gasteiger partial charge in [-0.25, -0.2) is 0 Å². The lowest BCUT2D eigenvalue weighted by atomic mass is 9.74. The molecule has 0 saturated carbocycles. The van der Waals surface area contributed by atoms with Crippen molar-refractivity contribution >= 4 is 0 Å². The van der Waals surface area contributed by atoms with Gasteiger partial charge in [0.25, 0.3) is 0 Å². The lowest BCUT2D eigenvalue weighted by Gasteiger charge is -2.36. The zero-order chi connectivity index (χ0) is 20.5. The van der Waals surface area contributed by atoms with Crippen LogP contribution >= 0.6 is 0 Å². The first-order valence-electron chi connectivity index (χ1n) is 12.5. The SMILES string of the molecule is CCCCCCCCCCCCCCC(Cc1ccccc1)C(N)(CC)CC. The molecule has 1 aromatic rings. The minimum Gasteiger partial charge on any atom is -0.325 e. The van der Waals surface area contributed by atoms with Crippen LogP contribution in [0.1, 0.15) is 123 Å². The third-order valence-electron chi connectivity index (χ3n) is 6.86. The predicted octanol–water partition coefficient (Wildman–Crippen LogP) is 8.45. The molecule has 0 radical (unpaired) electrons. The molecule has 0 fully saturated rings. The summed E-state index contributed by atoms with van der Waals surface area (Å²) in [5.41, 5.74) is 8.27. The van der Waals surface area contributed by atoms with Gasteiger partial charge in [0, 0.05) is 5.54 Å². The molecule has 0 aliphatic carbocycles. The molecule has 162 valence electrons. The number of rotatable bonds is 18. The summed E-state index contributed by atoms with van der Waals surface area (Å²) in [6.45, 7) is 6.83. The molecule has 0 spiro atoms. The van der Waals surface area contributed by atoms with Crippen LogP contribution in [0.15, 0.2) is 30.3 Å². The van der Waals surface area contributed by atoms with Crippen molar-refractivity contribution in [3.8, 4) is 0 Å². The van der Waals surface area contributed by atoms with Crippen molar-refractivity contribution in [1.29, 1.82) is 0 Å². The van der Waals surface area contributed by atoms with Crippen molar-refractivity contribution in [2.45, 2.75) is 129 Å². The van der Waals surface area contributed by atoms with Crippen molar-refractivity contribution in [2.24, 2.45) is 11.7 Å². The zero-order valence-electron chi connectivity index (χ0n) is 19.4. The van der Waals surface area contributed by atoms with Gasteiger partial charge in [0.05, 0.1) is 0 Å². The molecule has 0 heterocycles. The van der Waals surface area contributed by atoms with Gasteiger partial charge < -0.3 is 5.73 Å². The molecule has 0 aliphatic rings. The molecule has 28 heavy (non-hydrogen) atoms. The summed E-state index contributed by atoms with van der Waals surface area (Å²) in [5, 5.41) is 0. The van der Waals surface area contributed by atoms with Crippen LogP contribution in [0.2, 0.25) is 0 Å². The summed E-state index contributed by atoms with van der Waals surface area (Å²) in [4.78, 5) is 0. The molecule has 0 bridgehead atoms. The lowest BCUT2D eigenvalue weighted by Crippen LogP contribution is -2.47. The summed E-state index contributed by atoms with van der Waals surface area (Å²) < 4.78 is 0. The average molecular weight is 388 g/mol. The molecule has 2 N–H and O–H groups in total. The third-order valence-corrected chi connectivity index (χ3v) is 6.86. The van der Waals surface area contributed by atoms with E-state index in [1.165, 1.54) is 89.0 Å². The van der Waals surface area contributed by atoms with Crippen LogP contribution in [0.25, 0.3) is 0 Å². The van der Waals surface area contributed by atoms with Gasteiger partial charge in [-0.3, -0.25) is 0 Å².